The standard InChI is InChI=1S/C16H27N3O2/c1-14(20)18-10-6-16(7-11-18)5-4-15(21)19(16)13-12-17-8-2-3-9-17/h2-13H2,1H3. The van der Waals surface area contributed by atoms with Crippen LogP contribution in [0.25, 0.3) is 0 Å². The van der Waals surface area contributed by atoms with Crippen LogP contribution in [-0.2, 0) is 9.59 Å². The molecule has 1 spiro atoms. The molecule has 0 radical (unpaired) electrons. The quantitative estimate of drug-likeness (QED) is 0.782. The molecule has 0 N–H and O–H groups in total. The third-order valence-electron chi connectivity index (χ3n) is 5.66. The Bertz CT molecular complexity index is 410. The first-order valence-corrected chi connectivity index (χ1v) is 8.39. The van der Waals surface area contributed by atoms with E-state index in [1.165, 1.54) is 25.9 Å². The van der Waals surface area contributed by atoms with Crippen LogP contribution in [0, 0.1) is 0 Å². The first-order chi connectivity index (χ1) is 10.1. The molecule has 21 heavy (non-hydrogen) atoms. The van der Waals surface area contributed by atoms with E-state index in [0.29, 0.717) is 12.3 Å². The summed E-state index contributed by atoms with van der Waals surface area (Å²) in [5, 5.41) is 0. The van der Waals surface area contributed by atoms with Crippen molar-refractivity contribution in [2.24, 2.45) is 0 Å². The van der Waals surface area contributed by atoms with Crippen LogP contribution in [0.1, 0.15) is 45.4 Å². The van der Waals surface area contributed by atoms with Crippen LogP contribution in [0.2, 0.25) is 0 Å². The van der Waals surface area contributed by atoms with Gasteiger partial charge in [0.2, 0.25) is 11.8 Å². The molecule has 0 saturated carbocycles. The van der Waals surface area contributed by atoms with Crippen LogP contribution in [0.3, 0.4) is 0 Å². The Balaban J connectivity index is 1.60. The van der Waals surface area contributed by atoms with Gasteiger partial charge in [0, 0.05) is 45.1 Å². The summed E-state index contributed by atoms with van der Waals surface area (Å²) in [7, 11) is 0. The second-order valence-electron chi connectivity index (χ2n) is 6.82. The van der Waals surface area contributed by atoms with Gasteiger partial charge in [0.15, 0.2) is 0 Å². The van der Waals surface area contributed by atoms with E-state index in [1.807, 2.05) is 4.90 Å². The Labute approximate surface area is 127 Å². The maximum atomic E-state index is 12.3. The van der Waals surface area contributed by atoms with Gasteiger partial charge in [-0.3, -0.25) is 9.59 Å². The lowest BCUT2D eigenvalue weighted by Gasteiger charge is -2.45. The fraction of sp³-hybridized carbons (Fsp3) is 0.875. The number of hydrogen-bond donors (Lipinski definition) is 0. The van der Waals surface area contributed by atoms with E-state index in [4.69, 9.17) is 0 Å². The average molecular weight is 293 g/mol. The zero-order valence-corrected chi connectivity index (χ0v) is 13.1. The molecule has 3 fully saturated rings. The van der Waals surface area contributed by atoms with Crippen LogP contribution in [0.4, 0.5) is 0 Å². The summed E-state index contributed by atoms with van der Waals surface area (Å²) in [5.41, 5.74) is 0.0444. The van der Waals surface area contributed by atoms with Gasteiger partial charge in [0.05, 0.1) is 0 Å². The highest BCUT2D eigenvalue weighted by atomic mass is 16.2. The summed E-state index contributed by atoms with van der Waals surface area (Å²) in [5.74, 6) is 0.489. The molecule has 0 aromatic rings. The molecule has 3 aliphatic heterocycles. The zero-order chi connectivity index (χ0) is 14.9. The number of nitrogens with zero attached hydrogens (tertiary/aromatic N) is 3. The molecule has 0 aromatic carbocycles. The van der Waals surface area contributed by atoms with Gasteiger partial charge in [-0.2, -0.15) is 0 Å². The highest BCUT2D eigenvalue weighted by molar-refractivity contribution is 5.80. The summed E-state index contributed by atoms with van der Waals surface area (Å²) in [6, 6.07) is 0. The highest BCUT2D eigenvalue weighted by Crippen LogP contribution is 2.39. The first-order valence-electron chi connectivity index (χ1n) is 8.39. The van der Waals surface area contributed by atoms with E-state index in [1.54, 1.807) is 6.92 Å². The number of carbonyl (C=O) groups excluding carboxylic acids is 2. The van der Waals surface area contributed by atoms with Gasteiger partial charge < -0.3 is 14.7 Å². The van der Waals surface area contributed by atoms with Crippen molar-refractivity contribution < 1.29 is 9.59 Å². The third kappa shape index (κ3) is 2.93. The molecule has 5 heteroatoms. The van der Waals surface area contributed by atoms with Crippen molar-refractivity contribution in [3.63, 3.8) is 0 Å². The molecule has 0 atom stereocenters. The fourth-order valence-electron chi connectivity index (χ4n) is 4.24. The van der Waals surface area contributed by atoms with Crippen molar-refractivity contribution >= 4 is 11.8 Å². The van der Waals surface area contributed by atoms with Crippen LogP contribution in [0.5, 0.6) is 0 Å². The van der Waals surface area contributed by atoms with E-state index >= 15 is 0 Å². The molecular weight excluding hydrogens is 266 g/mol. The molecule has 0 aliphatic carbocycles. The fourth-order valence-corrected chi connectivity index (χ4v) is 4.24. The van der Waals surface area contributed by atoms with Gasteiger partial charge >= 0.3 is 0 Å². The SMILES string of the molecule is CC(=O)N1CCC2(CCC(=O)N2CCN2CCCC2)CC1. The summed E-state index contributed by atoms with van der Waals surface area (Å²) < 4.78 is 0. The second-order valence-corrected chi connectivity index (χ2v) is 6.82. The lowest BCUT2D eigenvalue weighted by molar-refractivity contribution is -0.135. The zero-order valence-electron chi connectivity index (χ0n) is 13.1. The Hall–Kier alpha value is -1.10. The topological polar surface area (TPSA) is 43.9 Å². The van der Waals surface area contributed by atoms with Gasteiger partial charge in [-0.25, -0.2) is 0 Å². The third-order valence-corrected chi connectivity index (χ3v) is 5.66. The van der Waals surface area contributed by atoms with Gasteiger partial charge in [0.1, 0.15) is 0 Å². The smallest absolute Gasteiger partial charge is 0.223 e. The van der Waals surface area contributed by atoms with Crippen LogP contribution < -0.4 is 0 Å². The lowest BCUT2D eigenvalue weighted by atomic mass is 9.85. The van der Waals surface area contributed by atoms with E-state index in [2.05, 4.69) is 9.80 Å². The minimum atomic E-state index is 0.0444. The highest BCUT2D eigenvalue weighted by Gasteiger charge is 2.46. The number of likely N-dealkylation sites (tertiary alicyclic amines) is 3. The molecule has 3 saturated heterocycles. The van der Waals surface area contributed by atoms with Crippen LogP contribution in [-0.4, -0.2) is 71.3 Å². The van der Waals surface area contributed by atoms with Crippen LogP contribution in [0.15, 0.2) is 0 Å². The Morgan fingerprint density at radius 3 is 2.33 bits per heavy atom. The van der Waals surface area contributed by atoms with Crippen LogP contribution >= 0.6 is 0 Å². The molecule has 0 bridgehead atoms. The van der Waals surface area contributed by atoms with Crippen molar-refractivity contribution in [2.45, 2.75) is 51.0 Å². The van der Waals surface area contributed by atoms with Crippen molar-refractivity contribution in [1.29, 1.82) is 0 Å². The van der Waals surface area contributed by atoms with E-state index in [0.717, 1.165) is 45.4 Å². The minimum absolute atomic E-state index is 0.0444. The molecular formula is C16H27N3O2. The Morgan fingerprint density at radius 1 is 1.05 bits per heavy atom. The monoisotopic (exact) mass is 293 g/mol. The molecule has 3 aliphatic rings. The lowest BCUT2D eigenvalue weighted by Crippen LogP contribution is -2.55. The summed E-state index contributed by atoms with van der Waals surface area (Å²) >= 11 is 0. The molecule has 5 nitrogen and oxygen atoms in total. The van der Waals surface area contributed by atoms with Gasteiger partial charge in [-0.05, 0) is 45.2 Å². The molecule has 0 aromatic heterocycles. The Morgan fingerprint density at radius 2 is 1.71 bits per heavy atom. The van der Waals surface area contributed by atoms with E-state index in [9.17, 15) is 9.59 Å². The van der Waals surface area contributed by atoms with Gasteiger partial charge in [-0.1, -0.05) is 0 Å². The van der Waals surface area contributed by atoms with Crippen molar-refractivity contribution in [2.75, 3.05) is 39.3 Å². The van der Waals surface area contributed by atoms with Gasteiger partial charge in [0.25, 0.3) is 0 Å². The van der Waals surface area contributed by atoms with Crippen molar-refractivity contribution in [1.82, 2.24) is 14.7 Å². The molecule has 2 amide bonds. The van der Waals surface area contributed by atoms with E-state index in [-0.39, 0.29) is 11.4 Å². The number of carbonyl (C=O) groups is 2. The number of hydrogen-bond acceptors (Lipinski definition) is 3. The predicted octanol–water partition coefficient (Wildman–Crippen LogP) is 1.09. The summed E-state index contributed by atoms with van der Waals surface area (Å²) in [6.45, 7) is 7.53. The van der Waals surface area contributed by atoms with Crippen molar-refractivity contribution in [3.05, 3.63) is 0 Å². The number of amides is 2. The average Bonchev–Trinajstić information content (AvgIpc) is 3.08. The predicted molar refractivity (Wildman–Crippen MR) is 80.8 cm³/mol. The summed E-state index contributed by atoms with van der Waals surface area (Å²) in [4.78, 5) is 30.3. The van der Waals surface area contributed by atoms with E-state index < -0.39 is 0 Å². The maximum Gasteiger partial charge on any atom is 0.223 e. The molecule has 3 rings (SSSR count). The Kier molecular flexibility index (Phi) is 4.20. The number of rotatable bonds is 3. The molecule has 0 unspecified atom stereocenters. The molecule has 3 heterocycles. The molecule has 118 valence electrons. The number of piperidine rings is 1. The van der Waals surface area contributed by atoms with Gasteiger partial charge in [-0.15, -0.1) is 0 Å². The first kappa shape index (κ1) is 14.8. The summed E-state index contributed by atoms with van der Waals surface area (Å²) in [6.07, 6.45) is 6.19. The largest absolute Gasteiger partial charge is 0.343 e. The second kappa shape index (κ2) is 5.95. The van der Waals surface area contributed by atoms with Crippen molar-refractivity contribution in [3.8, 4) is 0 Å². The minimum Gasteiger partial charge on any atom is -0.343 e. The normalized spacial score (nSPS) is 26.0. The maximum absolute atomic E-state index is 12.3.